The van der Waals surface area contributed by atoms with Crippen LogP contribution in [0.4, 0.5) is 5.69 Å². The summed E-state index contributed by atoms with van der Waals surface area (Å²) in [7, 11) is -3.58. The number of amides is 1. The highest BCUT2D eigenvalue weighted by atomic mass is 32.2. The molecule has 158 valence electrons. The number of carbonyl (C=O) groups is 1. The molecule has 1 aromatic carbocycles. The van der Waals surface area contributed by atoms with E-state index in [0.29, 0.717) is 12.2 Å². The summed E-state index contributed by atoms with van der Waals surface area (Å²) in [5.74, 6) is 0.542. The molecule has 1 unspecified atom stereocenters. The number of aryl methyl sites for hydroxylation is 2. The fourth-order valence-corrected chi connectivity index (χ4v) is 4.99. The van der Waals surface area contributed by atoms with Crippen molar-refractivity contribution in [2.24, 2.45) is 5.92 Å². The van der Waals surface area contributed by atoms with E-state index in [1.807, 2.05) is 19.9 Å². The van der Waals surface area contributed by atoms with Crippen molar-refractivity contribution in [3.63, 3.8) is 0 Å². The lowest BCUT2D eigenvalue weighted by atomic mass is 9.99. The SMILES string of the molecule is Cc1cc(C)cc(N(C(C)C(=O)NCCCN2CCC(C)CC2)S(C)(=O)=O)c1. The van der Waals surface area contributed by atoms with Crippen LogP contribution in [-0.2, 0) is 14.8 Å². The molecular weight excluding hydrogens is 374 g/mol. The van der Waals surface area contributed by atoms with Crippen molar-refractivity contribution in [3.8, 4) is 0 Å². The first kappa shape index (κ1) is 22.7. The van der Waals surface area contributed by atoms with Crippen LogP contribution in [0.2, 0.25) is 0 Å². The summed E-state index contributed by atoms with van der Waals surface area (Å²) >= 11 is 0. The minimum absolute atomic E-state index is 0.267. The van der Waals surface area contributed by atoms with E-state index < -0.39 is 16.1 Å². The Kier molecular flexibility index (Phi) is 7.89. The summed E-state index contributed by atoms with van der Waals surface area (Å²) in [4.78, 5) is 15.1. The first-order valence-electron chi connectivity index (χ1n) is 10.2. The average molecular weight is 410 g/mol. The van der Waals surface area contributed by atoms with Crippen molar-refractivity contribution in [2.75, 3.05) is 36.7 Å². The third-order valence-corrected chi connectivity index (χ3v) is 6.62. The summed E-state index contributed by atoms with van der Waals surface area (Å²) in [6, 6.07) is 4.78. The number of likely N-dealkylation sites (tertiary alicyclic amines) is 1. The molecule has 0 spiro atoms. The normalized spacial score (nSPS) is 17.3. The molecule has 28 heavy (non-hydrogen) atoms. The second-order valence-corrected chi connectivity index (χ2v) is 10.1. The zero-order valence-electron chi connectivity index (χ0n) is 17.9. The van der Waals surface area contributed by atoms with Gasteiger partial charge in [0.15, 0.2) is 0 Å². The highest BCUT2D eigenvalue weighted by molar-refractivity contribution is 7.92. The zero-order valence-corrected chi connectivity index (χ0v) is 18.7. The quantitative estimate of drug-likeness (QED) is 0.670. The Morgan fingerprint density at radius 1 is 1.21 bits per heavy atom. The first-order chi connectivity index (χ1) is 13.1. The molecule has 2 rings (SSSR count). The summed E-state index contributed by atoms with van der Waals surface area (Å²) in [6.45, 7) is 11.5. The molecule has 1 heterocycles. The van der Waals surface area contributed by atoms with Crippen LogP contribution in [0.25, 0.3) is 0 Å². The maximum Gasteiger partial charge on any atom is 0.243 e. The molecule has 1 fully saturated rings. The molecule has 1 saturated heterocycles. The molecule has 1 amide bonds. The maximum atomic E-state index is 12.6. The monoisotopic (exact) mass is 409 g/mol. The van der Waals surface area contributed by atoms with Crippen molar-refractivity contribution in [1.82, 2.24) is 10.2 Å². The smallest absolute Gasteiger partial charge is 0.243 e. The molecule has 0 bridgehead atoms. The number of benzene rings is 1. The van der Waals surface area contributed by atoms with Gasteiger partial charge in [0, 0.05) is 6.54 Å². The summed E-state index contributed by atoms with van der Waals surface area (Å²) in [5, 5.41) is 2.91. The number of anilines is 1. The van der Waals surface area contributed by atoms with Gasteiger partial charge in [0.25, 0.3) is 0 Å². The highest BCUT2D eigenvalue weighted by Gasteiger charge is 2.29. The van der Waals surface area contributed by atoms with E-state index in [0.717, 1.165) is 49.4 Å². The number of nitrogens with one attached hydrogen (secondary N) is 1. The van der Waals surface area contributed by atoms with Crippen LogP contribution < -0.4 is 9.62 Å². The van der Waals surface area contributed by atoms with E-state index >= 15 is 0 Å². The summed E-state index contributed by atoms with van der Waals surface area (Å²) < 4.78 is 26.0. The van der Waals surface area contributed by atoms with Gasteiger partial charge in [0.05, 0.1) is 11.9 Å². The molecule has 1 aromatic rings. The summed E-state index contributed by atoms with van der Waals surface area (Å²) in [5.41, 5.74) is 2.46. The lowest BCUT2D eigenvalue weighted by Gasteiger charge is -2.30. The number of hydrogen-bond donors (Lipinski definition) is 1. The fraction of sp³-hybridized carbons (Fsp3) is 0.667. The minimum atomic E-state index is -3.58. The minimum Gasteiger partial charge on any atom is -0.354 e. The van der Waals surface area contributed by atoms with Gasteiger partial charge in [0.1, 0.15) is 6.04 Å². The van der Waals surface area contributed by atoms with Crippen LogP contribution >= 0.6 is 0 Å². The Bertz CT molecular complexity index is 751. The number of hydrogen-bond acceptors (Lipinski definition) is 4. The van der Waals surface area contributed by atoms with E-state index in [-0.39, 0.29) is 5.91 Å². The Hall–Kier alpha value is -1.60. The molecule has 0 saturated carbocycles. The van der Waals surface area contributed by atoms with Crippen LogP contribution in [0.1, 0.15) is 44.2 Å². The van der Waals surface area contributed by atoms with Gasteiger partial charge in [-0.3, -0.25) is 9.10 Å². The second kappa shape index (κ2) is 9.74. The predicted molar refractivity (Wildman–Crippen MR) is 115 cm³/mol. The van der Waals surface area contributed by atoms with Crippen molar-refractivity contribution in [1.29, 1.82) is 0 Å². The predicted octanol–water partition coefficient (Wildman–Crippen LogP) is 2.70. The molecular formula is C21H35N3O3S. The van der Waals surface area contributed by atoms with Gasteiger partial charge in [0.2, 0.25) is 15.9 Å². The maximum absolute atomic E-state index is 12.6. The molecule has 1 N–H and O–H groups in total. The highest BCUT2D eigenvalue weighted by Crippen LogP contribution is 2.24. The largest absolute Gasteiger partial charge is 0.354 e. The number of sulfonamides is 1. The molecule has 0 aliphatic carbocycles. The lowest BCUT2D eigenvalue weighted by Crippen LogP contribution is -2.48. The van der Waals surface area contributed by atoms with Gasteiger partial charge < -0.3 is 10.2 Å². The number of nitrogens with zero attached hydrogens (tertiary/aromatic N) is 2. The Labute approximate surface area is 170 Å². The lowest BCUT2D eigenvalue weighted by molar-refractivity contribution is -0.121. The Morgan fingerprint density at radius 3 is 2.32 bits per heavy atom. The zero-order chi connectivity index (χ0) is 20.9. The molecule has 7 heteroatoms. The first-order valence-corrected chi connectivity index (χ1v) is 12.0. The van der Waals surface area contributed by atoms with Crippen LogP contribution in [0.5, 0.6) is 0 Å². The molecule has 1 aliphatic heterocycles. The third kappa shape index (κ3) is 6.48. The standard InChI is InChI=1S/C21H35N3O3S/c1-16-7-11-23(12-8-16)10-6-9-22-21(25)19(4)24(28(5,26)27)20-14-17(2)13-18(3)15-20/h13-16,19H,6-12H2,1-5H3,(H,22,25). The van der Waals surface area contributed by atoms with Crippen molar-refractivity contribution in [3.05, 3.63) is 29.3 Å². The molecule has 0 aromatic heterocycles. The third-order valence-electron chi connectivity index (χ3n) is 5.38. The average Bonchev–Trinajstić information content (AvgIpc) is 2.58. The molecule has 1 atom stereocenters. The molecule has 0 radical (unpaired) electrons. The van der Waals surface area contributed by atoms with E-state index in [2.05, 4.69) is 17.1 Å². The fourth-order valence-electron chi connectivity index (χ4n) is 3.83. The number of carbonyl (C=O) groups excluding carboxylic acids is 1. The second-order valence-electron chi connectivity index (χ2n) is 8.25. The van der Waals surface area contributed by atoms with Crippen LogP contribution in [0.15, 0.2) is 18.2 Å². The van der Waals surface area contributed by atoms with E-state index in [4.69, 9.17) is 0 Å². The topological polar surface area (TPSA) is 69.7 Å². The number of rotatable bonds is 8. The summed E-state index contributed by atoms with van der Waals surface area (Å²) in [6.07, 6.45) is 4.49. The molecule has 1 aliphatic rings. The van der Waals surface area contributed by atoms with Crippen molar-refractivity contribution >= 4 is 21.6 Å². The van der Waals surface area contributed by atoms with Gasteiger partial charge in [-0.25, -0.2) is 8.42 Å². The van der Waals surface area contributed by atoms with Gasteiger partial charge >= 0.3 is 0 Å². The van der Waals surface area contributed by atoms with E-state index in [9.17, 15) is 13.2 Å². The van der Waals surface area contributed by atoms with Crippen molar-refractivity contribution in [2.45, 2.75) is 53.0 Å². The Balaban J connectivity index is 1.94. The molecule has 6 nitrogen and oxygen atoms in total. The van der Waals surface area contributed by atoms with Gasteiger partial charge in [-0.05, 0) is 88.8 Å². The van der Waals surface area contributed by atoms with E-state index in [1.54, 1.807) is 19.1 Å². The van der Waals surface area contributed by atoms with Gasteiger partial charge in [-0.2, -0.15) is 0 Å². The van der Waals surface area contributed by atoms with Crippen LogP contribution in [0.3, 0.4) is 0 Å². The van der Waals surface area contributed by atoms with Gasteiger partial charge in [-0.15, -0.1) is 0 Å². The van der Waals surface area contributed by atoms with Gasteiger partial charge in [-0.1, -0.05) is 13.0 Å². The Morgan fingerprint density at radius 2 is 1.79 bits per heavy atom. The van der Waals surface area contributed by atoms with E-state index in [1.165, 1.54) is 17.1 Å². The van der Waals surface area contributed by atoms with Crippen molar-refractivity contribution < 1.29 is 13.2 Å². The van der Waals surface area contributed by atoms with Crippen LogP contribution in [-0.4, -0.2) is 57.7 Å². The number of piperidine rings is 1. The van der Waals surface area contributed by atoms with Crippen LogP contribution in [0, 0.1) is 19.8 Å².